The molecule has 1 amide bonds. The first-order chi connectivity index (χ1) is 6.84. The van der Waals surface area contributed by atoms with Crippen LogP contribution >= 0.6 is 11.3 Å². The largest absolute Gasteiger partial charge is 0.323 e. The van der Waals surface area contributed by atoms with Gasteiger partial charge in [0, 0.05) is 11.6 Å². The average Bonchev–Trinajstić information content (AvgIpc) is 2.76. The van der Waals surface area contributed by atoms with Crippen LogP contribution in [0.15, 0.2) is 23.3 Å². The molecule has 0 saturated carbocycles. The van der Waals surface area contributed by atoms with Gasteiger partial charge in [-0.2, -0.15) is 5.10 Å². The third-order valence-corrected chi connectivity index (χ3v) is 2.24. The van der Waals surface area contributed by atoms with Crippen LogP contribution in [0.1, 0.15) is 5.69 Å². The highest BCUT2D eigenvalue weighted by molar-refractivity contribution is 7.07. The number of hydrogen-bond donors (Lipinski definition) is 2. The summed E-state index contributed by atoms with van der Waals surface area (Å²) in [5, 5.41) is 10.9. The van der Waals surface area contributed by atoms with Crippen molar-refractivity contribution in [3.05, 3.63) is 29.0 Å². The molecule has 6 heteroatoms. The molecule has 0 aliphatic heterocycles. The number of carbonyl (C=O) groups is 1. The van der Waals surface area contributed by atoms with Gasteiger partial charge in [-0.25, -0.2) is 4.98 Å². The van der Waals surface area contributed by atoms with Crippen molar-refractivity contribution in [3.63, 3.8) is 0 Å². The lowest BCUT2D eigenvalue weighted by atomic mass is 10.3. The maximum Gasteiger partial charge on any atom is 0.230 e. The monoisotopic (exact) mass is 208 g/mol. The van der Waals surface area contributed by atoms with Crippen LogP contribution < -0.4 is 5.32 Å². The molecule has 0 aliphatic rings. The number of nitrogens with one attached hydrogen (secondary N) is 2. The zero-order valence-electron chi connectivity index (χ0n) is 7.23. The van der Waals surface area contributed by atoms with Crippen molar-refractivity contribution in [2.45, 2.75) is 6.42 Å². The molecule has 2 N–H and O–H groups in total. The standard InChI is InChI=1S/C8H8N4OS/c13-8(1-6-4-14-5-9-6)12-7-2-10-11-3-7/h2-5H,1H2,(H,10,11)(H,12,13). The Hall–Kier alpha value is -1.69. The van der Waals surface area contributed by atoms with Crippen LogP contribution in [-0.2, 0) is 11.2 Å². The van der Waals surface area contributed by atoms with Gasteiger partial charge in [-0.05, 0) is 0 Å². The van der Waals surface area contributed by atoms with Gasteiger partial charge in [-0.15, -0.1) is 11.3 Å². The molecule has 0 unspecified atom stereocenters. The highest BCUT2D eigenvalue weighted by Crippen LogP contribution is 2.05. The zero-order chi connectivity index (χ0) is 9.80. The minimum Gasteiger partial charge on any atom is -0.323 e. The highest BCUT2D eigenvalue weighted by Gasteiger charge is 2.05. The summed E-state index contributed by atoms with van der Waals surface area (Å²) in [5.74, 6) is -0.0858. The normalized spacial score (nSPS) is 10.0. The lowest BCUT2D eigenvalue weighted by Crippen LogP contribution is -2.13. The van der Waals surface area contributed by atoms with E-state index in [1.54, 1.807) is 17.9 Å². The molecule has 2 rings (SSSR count). The summed E-state index contributed by atoms with van der Waals surface area (Å²) in [6, 6.07) is 0. The van der Waals surface area contributed by atoms with E-state index in [0.29, 0.717) is 12.1 Å². The summed E-state index contributed by atoms with van der Waals surface area (Å²) in [6.45, 7) is 0. The second kappa shape index (κ2) is 4.01. The van der Waals surface area contributed by atoms with E-state index in [9.17, 15) is 4.79 Å². The summed E-state index contributed by atoms with van der Waals surface area (Å²) in [5.41, 5.74) is 3.17. The van der Waals surface area contributed by atoms with Crippen LogP contribution in [0.2, 0.25) is 0 Å². The minimum absolute atomic E-state index is 0.0858. The zero-order valence-corrected chi connectivity index (χ0v) is 8.04. The Bertz CT molecular complexity index is 357. The maximum atomic E-state index is 11.4. The van der Waals surface area contributed by atoms with E-state index in [4.69, 9.17) is 0 Å². The first-order valence-electron chi connectivity index (χ1n) is 4.00. The molecule has 14 heavy (non-hydrogen) atoms. The fraction of sp³-hybridized carbons (Fsp3) is 0.125. The molecular formula is C8H8N4OS. The number of anilines is 1. The van der Waals surface area contributed by atoms with Crippen LogP contribution in [0.3, 0.4) is 0 Å². The average molecular weight is 208 g/mol. The number of nitrogens with zero attached hydrogens (tertiary/aromatic N) is 2. The van der Waals surface area contributed by atoms with Gasteiger partial charge in [-0.3, -0.25) is 9.89 Å². The van der Waals surface area contributed by atoms with Crippen molar-refractivity contribution in [3.8, 4) is 0 Å². The molecule has 2 aromatic heterocycles. The third-order valence-electron chi connectivity index (χ3n) is 1.61. The molecule has 0 bridgehead atoms. The minimum atomic E-state index is -0.0858. The fourth-order valence-corrected chi connectivity index (χ4v) is 1.57. The smallest absolute Gasteiger partial charge is 0.230 e. The molecule has 5 nitrogen and oxygen atoms in total. The third kappa shape index (κ3) is 2.17. The van der Waals surface area contributed by atoms with E-state index < -0.39 is 0 Å². The first-order valence-corrected chi connectivity index (χ1v) is 4.94. The van der Waals surface area contributed by atoms with E-state index in [1.807, 2.05) is 5.38 Å². The van der Waals surface area contributed by atoms with Crippen LogP contribution in [0, 0.1) is 0 Å². The Morgan fingerprint density at radius 1 is 1.64 bits per heavy atom. The quantitative estimate of drug-likeness (QED) is 0.792. The number of aromatic nitrogens is 3. The Morgan fingerprint density at radius 3 is 3.21 bits per heavy atom. The maximum absolute atomic E-state index is 11.4. The SMILES string of the molecule is O=C(Cc1cscn1)Nc1cn[nH]c1. The predicted molar refractivity (Wildman–Crippen MR) is 53.0 cm³/mol. The number of hydrogen-bond acceptors (Lipinski definition) is 4. The Kier molecular flexibility index (Phi) is 2.55. The van der Waals surface area contributed by atoms with Gasteiger partial charge in [0.15, 0.2) is 0 Å². The van der Waals surface area contributed by atoms with E-state index in [2.05, 4.69) is 20.5 Å². The van der Waals surface area contributed by atoms with E-state index in [1.165, 1.54) is 11.3 Å². The van der Waals surface area contributed by atoms with Gasteiger partial charge in [0.25, 0.3) is 0 Å². The van der Waals surface area contributed by atoms with Gasteiger partial charge < -0.3 is 5.32 Å². The summed E-state index contributed by atoms with van der Waals surface area (Å²) in [6.07, 6.45) is 3.48. The van der Waals surface area contributed by atoms with Gasteiger partial charge >= 0.3 is 0 Å². The Morgan fingerprint density at radius 2 is 2.57 bits per heavy atom. The molecule has 0 fully saturated rings. The first kappa shape index (κ1) is 8.89. The van der Waals surface area contributed by atoms with Crippen LogP contribution in [0.25, 0.3) is 0 Å². The molecule has 2 heterocycles. The second-order valence-electron chi connectivity index (χ2n) is 2.69. The van der Waals surface area contributed by atoms with E-state index >= 15 is 0 Å². The fourth-order valence-electron chi connectivity index (χ4n) is 1.01. The van der Waals surface area contributed by atoms with E-state index in [0.717, 1.165) is 5.69 Å². The van der Waals surface area contributed by atoms with Gasteiger partial charge in [-0.1, -0.05) is 0 Å². The number of aromatic amines is 1. The van der Waals surface area contributed by atoms with Gasteiger partial charge in [0.2, 0.25) is 5.91 Å². The number of carbonyl (C=O) groups excluding carboxylic acids is 1. The molecular weight excluding hydrogens is 200 g/mol. The Labute approximate surface area is 84.2 Å². The molecule has 2 aromatic rings. The summed E-state index contributed by atoms with van der Waals surface area (Å²) < 4.78 is 0. The van der Waals surface area contributed by atoms with Crippen molar-refractivity contribution in [2.75, 3.05) is 5.32 Å². The van der Waals surface area contributed by atoms with Crippen molar-refractivity contribution < 1.29 is 4.79 Å². The van der Waals surface area contributed by atoms with Gasteiger partial charge in [0.05, 0.1) is 29.5 Å². The van der Waals surface area contributed by atoms with Crippen molar-refractivity contribution in [1.82, 2.24) is 15.2 Å². The van der Waals surface area contributed by atoms with E-state index in [-0.39, 0.29) is 5.91 Å². The Balaban J connectivity index is 1.91. The van der Waals surface area contributed by atoms with Crippen molar-refractivity contribution in [1.29, 1.82) is 0 Å². The van der Waals surface area contributed by atoms with Crippen LogP contribution in [0.5, 0.6) is 0 Å². The van der Waals surface area contributed by atoms with Crippen molar-refractivity contribution in [2.24, 2.45) is 0 Å². The molecule has 0 atom stereocenters. The number of rotatable bonds is 3. The lowest BCUT2D eigenvalue weighted by molar-refractivity contribution is -0.115. The predicted octanol–water partition coefficient (Wildman–Crippen LogP) is 1.05. The molecule has 0 radical (unpaired) electrons. The second-order valence-corrected chi connectivity index (χ2v) is 3.41. The molecule has 0 spiro atoms. The van der Waals surface area contributed by atoms with Gasteiger partial charge in [0.1, 0.15) is 0 Å². The lowest BCUT2D eigenvalue weighted by Gasteiger charge is -1.98. The van der Waals surface area contributed by atoms with Crippen LogP contribution in [0.4, 0.5) is 5.69 Å². The van der Waals surface area contributed by atoms with Crippen LogP contribution in [-0.4, -0.2) is 21.1 Å². The molecule has 72 valence electrons. The highest BCUT2D eigenvalue weighted by atomic mass is 32.1. The summed E-state index contributed by atoms with van der Waals surface area (Å²) in [7, 11) is 0. The molecule has 0 aliphatic carbocycles. The topological polar surface area (TPSA) is 70.7 Å². The number of amides is 1. The molecule has 0 saturated heterocycles. The van der Waals surface area contributed by atoms with Crippen molar-refractivity contribution >= 4 is 22.9 Å². The summed E-state index contributed by atoms with van der Waals surface area (Å²) >= 11 is 1.48. The summed E-state index contributed by atoms with van der Waals surface area (Å²) in [4.78, 5) is 15.4. The number of thiazole rings is 1. The molecule has 0 aromatic carbocycles. The number of H-pyrrole nitrogens is 1.